The molecule has 2 heteroatoms. The molecule has 0 saturated carbocycles. The Morgan fingerprint density at radius 1 is 1.29 bits per heavy atom. The van der Waals surface area contributed by atoms with E-state index in [1.165, 1.54) is 5.56 Å². The smallest absolute Gasteiger partial charge is 0.0991 e. The first-order valence-electron chi connectivity index (χ1n) is 4.46. The SMILES string of the molecule is CC#CCNCc1ccc(C#N)cc1. The molecule has 0 amide bonds. The third-order valence-corrected chi connectivity index (χ3v) is 1.80. The van der Waals surface area contributed by atoms with Crippen LogP contribution < -0.4 is 5.32 Å². The quantitative estimate of drug-likeness (QED) is 0.573. The van der Waals surface area contributed by atoms with Crippen LogP contribution in [-0.2, 0) is 6.54 Å². The first kappa shape index (κ1) is 10.3. The molecule has 0 atom stereocenters. The molecule has 0 aromatic heterocycles. The van der Waals surface area contributed by atoms with E-state index in [0.717, 1.165) is 6.54 Å². The average molecular weight is 184 g/mol. The molecule has 0 unspecified atom stereocenters. The van der Waals surface area contributed by atoms with Crippen molar-refractivity contribution in [2.24, 2.45) is 0 Å². The van der Waals surface area contributed by atoms with Gasteiger partial charge in [0.15, 0.2) is 0 Å². The van der Waals surface area contributed by atoms with Crippen LogP contribution >= 0.6 is 0 Å². The fourth-order valence-electron chi connectivity index (χ4n) is 1.05. The number of nitrogens with zero attached hydrogens (tertiary/aromatic N) is 1. The van der Waals surface area contributed by atoms with Crippen molar-refractivity contribution in [2.45, 2.75) is 13.5 Å². The van der Waals surface area contributed by atoms with Gasteiger partial charge in [-0.25, -0.2) is 0 Å². The Bertz CT molecular complexity index is 374. The van der Waals surface area contributed by atoms with Crippen molar-refractivity contribution >= 4 is 0 Å². The molecule has 0 heterocycles. The van der Waals surface area contributed by atoms with Crippen molar-refractivity contribution in [3.8, 4) is 17.9 Å². The topological polar surface area (TPSA) is 35.8 Å². The third-order valence-electron chi connectivity index (χ3n) is 1.80. The summed E-state index contributed by atoms with van der Waals surface area (Å²) in [5, 5.41) is 11.8. The zero-order chi connectivity index (χ0) is 10.2. The maximum Gasteiger partial charge on any atom is 0.0991 e. The Balaban J connectivity index is 2.43. The highest BCUT2D eigenvalue weighted by Crippen LogP contribution is 2.02. The van der Waals surface area contributed by atoms with Crippen LogP contribution in [0.15, 0.2) is 24.3 Å². The normalized spacial score (nSPS) is 8.57. The molecule has 0 radical (unpaired) electrons. The van der Waals surface area contributed by atoms with E-state index in [1.54, 1.807) is 0 Å². The lowest BCUT2D eigenvalue weighted by Crippen LogP contribution is -2.12. The van der Waals surface area contributed by atoms with Crippen LogP contribution in [0.1, 0.15) is 18.1 Å². The molecule has 0 aliphatic carbocycles. The fourth-order valence-corrected chi connectivity index (χ4v) is 1.05. The second-order valence-electron chi connectivity index (χ2n) is 2.84. The van der Waals surface area contributed by atoms with Crippen molar-refractivity contribution in [1.82, 2.24) is 5.32 Å². The number of nitriles is 1. The number of nitrogens with one attached hydrogen (secondary N) is 1. The minimum absolute atomic E-state index is 0.696. The molecular formula is C12H12N2. The lowest BCUT2D eigenvalue weighted by atomic mass is 10.1. The molecule has 1 aromatic rings. The molecule has 1 N–H and O–H groups in total. The van der Waals surface area contributed by atoms with Crippen LogP contribution in [-0.4, -0.2) is 6.54 Å². The Hall–Kier alpha value is -1.77. The lowest BCUT2D eigenvalue weighted by Gasteiger charge is -2.00. The summed E-state index contributed by atoms with van der Waals surface area (Å²) >= 11 is 0. The van der Waals surface area contributed by atoms with E-state index in [0.29, 0.717) is 12.1 Å². The zero-order valence-corrected chi connectivity index (χ0v) is 8.17. The van der Waals surface area contributed by atoms with Crippen molar-refractivity contribution in [2.75, 3.05) is 6.54 Å². The summed E-state index contributed by atoms with van der Waals surface area (Å²) in [6.07, 6.45) is 0. The predicted octanol–water partition coefficient (Wildman–Crippen LogP) is 1.67. The molecule has 1 aromatic carbocycles. The van der Waals surface area contributed by atoms with Crippen molar-refractivity contribution in [3.63, 3.8) is 0 Å². The van der Waals surface area contributed by atoms with Gasteiger partial charge in [-0.15, -0.1) is 5.92 Å². The van der Waals surface area contributed by atoms with Crippen LogP contribution in [0.25, 0.3) is 0 Å². The predicted molar refractivity (Wildman–Crippen MR) is 56.3 cm³/mol. The number of hydrogen-bond donors (Lipinski definition) is 1. The van der Waals surface area contributed by atoms with Gasteiger partial charge in [-0.3, -0.25) is 0 Å². The van der Waals surface area contributed by atoms with Gasteiger partial charge in [0.2, 0.25) is 0 Å². The van der Waals surface area contributed by atoms with E-state index in [4.69, 9.17) is 5.26 Å². The van der Waals surface area contributed by atoms with Gasteiger partial charge in [0.25, 0.3) is 0 Å². The lowest BCUT2D eigenvalue weighted by molar-refractivity contribution is 0.770. The molecule has 0 spiro atoms. The maximum absolute atomic E-state index is 8.59. The molecule has 70 valence electrons. The Morgan fingerprint density at radius 2 is 2.00 bits per heavy atom. The summed E-state index contributed by atoms with van der Waals surface area (Å²) in [5.41, 5.74) is 1.86. The van der Waals surface area contributed by atoms with Crippen molar-refractivity contribution < 1.29 is 0 Å². The second kappa shape index (κ2) is 5.80. The van der Waals surface area contributed by atoms with Crippen LogP contribution in [0.4, 0.5) is 0 Å². The Kier molecular flexibility index (Phi) is 4.27. The zero-order valence-electron chi connectivity index (χ0n) is 8.17. The van der Waals surface area contributed by atoms with Gasteiger partial charge in [-0.2, -0.15) is 5.26 Å². The minimum Gasteiger partial charge on any atom is -0.302 e. The summed E-state index contributed by atoms with van der Waals surface area (Å²) < 4.78 is 0. The number of rotatable bonds is 3. The molecular weight excluding hydrogens is 172 g/mol. The number of hydrogen-bond acceptors (Lipinski definition) is 2. The van der Waals surface area contributed by atoms with E-state index >= 15 is 0 Å². The molecule has 0 aliphatic rings. The monoisotopic (exact) mass is 184 g/mol. The first-order chi connectivity index (χ1) is 6.86. The molecule has 0 bridgehead atoms. The standard InChI is InChI=1S/C12H12N2/c1-2-3-8-14-10-12-6-4-11(9-13)5-7-12/h4-7,14H,8,10H2,1H3. The van der Waals surface area contributed by atoms with E-state index in [2.05, 4.69) is 23.2 Å². The third kappa shape index (κ3) is 3.31. The van der Waals surface area contributed by atoms with Gasteiger partial charge >= 0.3 is 0 Å². The first-order valence-corrected chi connectivity index (χ1v) is 4.46. The van der Waals surface area contributed by atoms with Gasteiger partial charge in [0, 0.05) is 6.54 Å². The molecule has 1 rings (SSSR count). The molecule has 2 nitrogen and oxygen atoms in total. The summed E-state index contributed by atoms with van der Waals surface area (Å²) in [6, 6.07) is 9.63. The number of benzene rings is 1. The van der Waals surface area contributed by atoms with Crippen LogP contribution in [0.2, 0.25) is 0 Å². The molecule has 14 heavy (non-hydrogen) atoms. The highest BCUT2D eigenvalue weighted by Gasteiger charge is 1.92. The Labute approximate surface area is 84.6 Å². The molecule has 0 fully saturated rings. The van der Waals surface area contributed by atoms with Crippen molar-refractivity contribution in [1.29, 1.82) is 5.26 Å². The fraction of sp³-hybridized carbons (Fsp3) is 0.250. The van der Waals surface area contributed by atoms with E-state index < -0.39 is 0 Å². The van der Waals surface area contributed by atoms with E-state index in [-0.39, 0.29) is 0 Å². The van der Waals surface area contributed by atoms with E-state index in [1.807, 2.05) is 31.2 Å². The van der Waals surface area contributed by atoms with Gasteiger partial charge in [0.05, 0.1) is 18.2 Å². The highest BCUT2D eigenvalue weighted by atomic mass is 14.8. The molecule has 0 saturated heterocycles. The highest BCUT2D eigenvalue weighted by molar-refractivity contribution is 5.31. The van der Waals surface area contributed by atoms with Crippen LogP contribution in [0.3, 0.4) is 0 Å². The summed E-state index contributed by atoms with van der Waals surface area (Å²) in [4.78, 5) is 0. The largest absolute Gasteiger partial charge is 0.302 e. The van der Waals surface area contributed by atoms with Crippen LogP contribution in [0, 0.1) is 23.2 Å². The van der Waals surface area contributed by atoms with E-state index in [9.17, 15) is 0 Å². The summed E-state index contributed by atoms with van der Waals surface area (Å²) in [7, 11) is 0. The van der Waals surface area contributed by atoms with Gasteiger partial charge in [-0.05, 0) is 24.6 Å². The van der Waals surface area contributed by atoms with Gasteiger partial charge in [-0.1, -0.05) is 18.1 Å². The van der Waals surface area contributed by atoms with Gasteiger partial charge < -0.3 is 5.32 Å². The molecule has 0 aliphatic heterocycles. The van der Waals surface area contributed by atoms with Crippen LogP contribution in [0.5, 0.6) is 0 Å². The average Bonchev–Trinajstić information content (AvgIpc) is 2.25. The maximum atomic E-state index is 8.59. The Morgan fingerprint density at radius 3 is 2.57 bits per heavy atom. The van der Waals surface area contributed by atoms with Crippen molar-refractivity contribution in [3.05, 3.63) is 35.4 Å². The minimum atomic E-state index is 0.696. The van der Waals surface area contributed by atoms with Gasteiger partial charge in [0.1, 0.15) is 0 Å². The second-order valence-corrected chi connectivity index (χ2v) is 2.84. The summed E-state index contributed by atoms with van der Waals surface area (Å²) in [5.74, 6) is 5.74. The summed E-state index contributed by atoms with van der Waals surface area (Å²) in [6.45, 7) is 3.32.